The average Bonchev–Trinajstić information content (AvgIpc) is 3.59. The second kappa shape index (κ2) is 8.97. The molecule has 9 heteroatoms. The molecule has 2 saturated heterocycles. The quantitative estimate of drug-likeness (QED) is 0.231. The topological polar surface area (TPSA) is 121 Å². The van der Waals surface area contributed by atoms with E-state index in [9.17, 15) is 19.5 Å². The minimum Gasteiger partial charge on any atom is -0.462 e. The van der Waals surface area contributed by atoms with Gasteiger partial charge in [0.25, 0.3) is 0 Å². The van der Waals surface area contributed by atoms with E-state index in [1.165, 1.54) is 30.4 Å². The Hall–Kier alpha value is -2.75. The van der Waals surface area contributed by atoms with Crippen LogP contribution in [0.5, 0.6) is 0 Å². The highest BCUT2D eigenvalue weighted by atomic mass is 16.6. The van der Waals surface area contributed by atoms with Crippen LogP contribution in [0.2, 0.25) is 0 Å². The Labute approximate surface area is 209 Å². The van der Waals surface area contributed by atoms with Crippen molar-refractivity contribution in [1.82, 2.24) is 0 Å². The van der Waals surface area contributed by atoms with Crippen molar-refractivity contribution in [3.05, 3.63) is 47.6 Å². The highest BCUT2D eigenvalue weighted by molar-refractivity contribution is 5.85. The average molecular weight is 501 g/mol. The first kappa shape index (κ1) is 24.9. The first-order valence-electron chi connectivity index (χ1n) is 12.3. The molecule has 7 atom stereocenters. The van der Waals surface area contributed by atoms with Gasteiger partial charge in [0, 0.05) is 36.5 Å². The van der Waals surface area contributed by atoms with Gasteiger partial charge in [-0.05, 0) is 25.8 Å². The fourth-order valence-corrected chi connectivity index (χ4v) is 6.46. The monoisotopic (exact) mass is 500 g/mol. The molecule has 1 N–H and O–H groups in total. The number of ether oxygens (including phenoxy) is 5. The number of allylic oxidation sites excluding steroid dienone is 2. The van der Waals surface area contributed by atoms with Gasteiger partial charge in [0.1, 0.15) is 18.3 Å². The van der Waals surface area contributed by atoms with Crippen LogP contribution in [0.15, 0.2) is 47.6 Å². The van der Waals surface area contributed by atoms with E-state index in [0.29, 0.717) is 25.0 Å². The van der Waals surface area contributed by atoms with Crippen LogP contribution in [0, 0.1) is 10.8 Å². The van der Waals surface area contributed by atoms with Crippen LogP contribution >= 0.6 is 0 Å². The Morgan fingerprint density at radius 2 is 1.69 bits per heavy atom. The van der Waals surface area contributed by atoms with Gasteiger partial charge in [-0.15, -0.1) is 0 Å². The fourth-order valence-electron chi connectivity index (χ4n) is 6.46. The Balaban J connectivity index is 1.55. The summed E-state index contributed by atoms with van der Waals surface area (Å²) >= 11 is 0. The van der Waals surface area contributed by atoms with Crippen molar-refractivity contribution in [3.8, 4) is 0 Å². The van der Waals surface area contributed by atoms with Crippen molar-refractivity contribution < 1.29 is 43.2 Å². The third-order valence-electron chi connectivity index (χ3n) is 8.73. The number of hydrogen-bond acceptors (Lipinski definition) is 9. The second-order valence-corrected chi connectivity index (χ2v) is 10.6. The van der Waals surface area contributed by atoms with Gasteiger partial charge in [-0.2, -0.15) is 0 Å². The summed E-state index contributed by atoms with van der Waals surface area (Å²) in [7, 11) is 0. The lowest BCUT2D eigenvalue weighted by molar-refractivity contribution is -0.238. The first-order valence-corrected chi connectivity index (χ1v) is 12.3. The van der Waals surface area contributed by atoms with E-state index in [2.05, 4.69) is 0 Å². The van der Waals surface area contributed by atoms with Crippen molar-refractivity contribution in [2.24, 2.45) is 10.8 Å². The number of esters is 3. The number of carbonyl (C=O) groups excluding carboxylic acids is 3. The van der Waals surface area contributed by atoms with E-state index < -0.39 is 52.7 Å². The van der Waals surface area contributed by atoms with E-state index in [4.69, 9.17) is 23.7 Å². The molecule has 36 heavy (non-hydrogen) atoms. The van der Waals surface area contributed by atoms with E-state index in [0.717, 1.165) is 5.57 Å². The van der Waals surface area contributed by atoms with Gasteiger partial charge in [0.15, 0.2) is 0 Å². The highest BCUT2D eigenvalue weighted by Crippen LogP contribution is 2.72. The van der Waals surface area contributed by atoms with E-state index in [1.807, 2.05) is 19.9 Å². The predicted molar refractivity (Wildman–Crippen MR) is 125 cm³/mol. The molecule has 1 saturated carbocycles. The summed E-state index contributed by atoms with van der Waals surface area (Å²) in [5.41, 5.74) is -0.880. The largest absolute Gasteiger partial charge is 0.462 e. The fraction of sp³-hybridized carbons (Fsp3) is 0.593. The molecule has 2 aliphatic carbocycles. The van der Waals surface area contributed by atoms with Crippen molar-refractivity contribution in [2.45, 2.75) is 70.1 Å². The van der Waals surface area contributed by atoms with Gasteiger partial charge in [0.2, 0.25) is 0 Å². The number of epoxide rings is 1. The molecule has 9 nitrogen and oxygen atoms in total. The molecule has 3 aliphatic heterocycles. The number of hydrogen-bond donors (Lipinski definition) is 1. The molecule has 3 heterocycles. The summed E-state index contributed by atoms with van der Waals surface area (Å²) in [6.45, 7) is 6.10. The zero-order valence-corrected chi connectivity index (χ0v) is 20.7. The summed E-state index contributed by atoms with van der Waals surface area (Å²) in [5, 5.41) is 10.9. The molecule has 5 aliphatic rings. The summed E-state index contributed by atoms with van der Waals surface area (Å²) in [5.74, 6) is -1.67. The van der Waals surface area contributed by atoms with Crippen molar-refractivity contribution in [1.29, 1.82) is 0 Å². The van der Waals surface area contributed by atoms with E-state index in [1.54, 1.807) is 6.92 Å². The Kier molecular flexibility index (Phi) is 6.21. The van der Waals surface area contributed by atoms with Crippen LogP contribution in [0.4, 0.5) is 0 Å². The lowest BCUT2D eigenvalue weighted by Gasteiger charge is -2.58. The summed E-state index contributed by atoms with van der Waals surface area (Å²) in [6, 6.07) is 0. The predicted octanol–water partition coefficient (Wildman–Crippen LogP) is 2.09. The van der Waals surface area contributed by atoms with Crippen LogP contribution in [-0.4, -0.2) is 72.9 Å². The molecule has 2 bridgehead atoms. The Morgan fingerprint density at radius 1 is 0.972 bits per heavy atom. The number of aliphatic hydroxyl groups excluding tert-OH is 1. The Bertz CT molecular complexity index is 1080. The number of aliphatic hydroxyl groups is 1. The number of carbonyl (C=O) groups is 3. The molecule has 0 aromatic heterocycles. The van der Waals surface area contributed by atoms with E-state index in [-0.39, 0.29) is 25.7 Å². The van der Waals surface area contributed by atoms with Crippen molar-refractivity contribution in [3.63, 3.8) is 0 Å². The molecule has 0 aromatic rings. The molecule has 2 spiro atoms. The van der Waals surface area contributed by atoms with Crippen LogP contribution in [0.1, 0.15) is 40.0 Å². The minimum absolute atomic E-state index is 0.0446. The molecule has 5 rings (SSSR count). The SMILES string of the molecule is CC1=C[C@H]2O[C@@H]3C[C@H]4OC(=O)/C=C\C=C\C(=O)OCC/C(C)=C/C(=O)OC[C@@]2(C[C@H]1O)[C@]4(C)C31CO1. The van der Waals surface area contributed by atoms with Gasteiger partial charge in [-0.25, -0.2) is 14.4 Å². The third kappa shape index (κ3) is 3.84. The molecule has 1 unspecified atom stereocenters. The maximum atomic E-state index is 12.8. The summed E-state index contributed by atoms with van der Waals surface area (Å²) in [6.07, 6.45) is 7.53. The number of rotatable bonds is 0. The molecule has 0 aromatic carbocycles. The molecular weight excluding hydrogens is 468 g/mol. The van der Waals surface area contributed by atoms with E-state index >= 15 is 0 Å². The summed E-state index contributed by atoms with van der Waals surface area (Å²) < 4.78 is 29.5. The lowest BCUT2D eigenvalue weighted by Crippen LogP contribution is -2.68. The minimum atomic E-state index is -0.887. The highest BCUT2D eigenvalue weighted by Gasteiger charge is 2.83. The first-order chi connectivity index (χ1) is 17.1. The van der Waals surface area contributed by atoms with Gasteiger partial charge in [-0.1, -0.05) is 30.7 Å². The van der Waals surface area contributed by atoms with Crippen LogP contribution < -0.4 is 0 Å². The molecule has 0 radical (unpaired) electrons. The van der Waals surface area contributed by atoms with Crippen LogP contribution in [-0.2, 0) is 38.1 Å². The van der Waals surface area contributed by atoms with Crippen LogP contribution in [0.3, 0.4) is 0 Å². The zero-order valence-electron chi connectivity index (χ0n) is 20.7. The van der Waals surface area contributed by atoms with Gasteiger partial charge >= 0.3 is 17.9 Å². The number of cyclic esters (lactones) is 2. The van der Waals surface area contributed by atoms with Gasteiger partial charge in [-0.3, -0.25) is 0 Å². The van der Waals surface area contributed by atoms with Gasteiger partial charge in [0.05, 0.1) is 36.9 Å². The second-order valence-electron chi connectivity index (χ2n) is 10.6. The lowest BCUT2D eigenvalue weighted by atomic mass is 9.51. The molecule has 0 amide bonds. The summed E-state index contributed by atoms with van der Waals surface area (Å²) in [4.78, 5) is 37.4. The van der Waals surface area contributed by atoms with Crippen molar-refractivity contribution in [2.75, 3.05) is 19.8 Å². The van der Waals surface area contributed by atoms with Crippen molar-refractivity contribution >= 4 is 17.9 Å². The maximum Gasteiger partial charge on any atom is 0.331 e. The maximum absolute atomic E-state index is 12.8. The Morgan fingerprint density at radius 3 is 2.42 bits per heavy atom. The molecule has 3 fully saturated rings. The normalized spacial score (nSPS) is 46.1. The standard InChI is InChI=1S/C27H32O9/c1-16-8-9-32-22(29)6-4-5-7-23(30)36-19-12-21-27(15-34-27)25(19,3)26(14-33-24(31)10-16)13-18(28)17(2)11-20(26)35-21/h4-7,10-11,18-21,28H,8-9,12-15H2,1-3H3/b6-4+,7-5-,16-10+/t18-,19-,20-,21-,25-,26-,27?/m1/s1. The smallest absolute Gasteiger partial charge is 0.331 e. The molecule has 194 valence electrons. The zero-order chi connectivity index (χ0) is 25.7. The third-order valence-corrected chi connectivity index (χ3v) is 8.73. The molecular formula is C27H32O9. The van der Waals surface area contributed by atoms with Crippen LogP contribution in [0.25, 0.3) is 0 Å². The van der Waals surface area contributed by atoms with Gasteiger partial charge < -0.3 is 28.8 Å².